The maximum Gasteiger partial charge on any atom is 0.230 e. The zero-order valence-corrected chi connectivity index (χ0v) is 12.3. The largest absolute Gasteiger partial charge is 0.458 e. The van der Waals surface area contributed by atoms with E-state index in [0.29, 0.717) is 0 Å². The summed E-state index contributed by atoms with van der Waals surface area (Å²) in [6, 6.07) is 11.8. The molecular weight excluding hydrogens is 248 g/mol. The van der Waals surface area contributed by atoms with Crippen LogP contribution in [0.4, 0.5) is 0 Å². The molecule has 0 heterocycles. The molecule has 0 bridgehead atoms. The second kappa shape index (κ2) is 6.29. The number of hydrogen-bond acceptors (Lipinski definition) is 2. The van der Waals surface area contributed by atoms with Gasteiger partial charge in [0, 0.05) is 0 Å². The molecule has 0 N–H and O–H groups in total. The maximum atomic E-state index is 5.69. The van der Waals surface area contributed by atoms with Crippen LogP contribution in [0.1, 0.15) is 22.3 Å². The van der Waals surface area contributed by atoms with E-state index in [1.807, 2.05) is 30.3 Å². The topological polar surface area (TPSA) is 18.5 Å². The molecule has 0 aliphatic heterocycles. The Hall–Kier alpha value is -2.22. The van der Waals surface area contributed by atoms with Crippen molar-refractivity contribution >= 4 is 6.08 Å². The predicted molar refractivity (Wildman–Crippen MR) is 83.3 cm³/mol. The lowest BCUT2D eigenvalue weighted by atomic mass is 10.0. The molecule has 0 aliphatic carbocycles. The quantitative estimate of drug-likeness (QED) is 0.734. The molecule has 0 spiro atoms. The fourth-order valence-electron chi connectivity index (χ4n) is 1.95. The summed E-state index contributed by atoms with van der Waals surface area (Å²) >= 11 is 0. The molecule has 2 aromatic carbocycles. The van der Waals surface area contributed by atoms with Gasteiger partial charge in [0.2, 0.25) is 6.79 Å². The van der Waals surface area contributed by atoms with Gasteiger partial charge in [0.25, 0.3) is 0 Å². The number of benzene rings is 2. The van der Waals surface area contributed by atoms with Crippen molar-refractivity contribution in [3.8, 4) is 11.5 Å². The number of rotatable bonds is 5. The zero-order chi connectivity index (χ0) is 14.5. The van der Waals surface area contributed by atoms with Crippen molar-refractivity contribution in [2.45, 2.75) is 20.8 Å². The Morgan fingerprint density at radius 3 is 2.25 bits per heavy atom. The van der Waals surface area contributed by atoms with E-state index in [9.17, 15) is 0 Å². The van der Waals surface area contributed by atoms with Crippen LogP contribution < -0.4 is 9.47 Å². The minimum Gasteiger partial charge on any atom is -0.458 e. The second-order valence-electron chi connectivity index (χ2n) is 4.81. The Labute approximate surface area is 120 Å². The van der Waals surface area contributed by atoms with Crippen LogP contribution in [0.2, 0.25) is 0 Å². The molecule has 0 fully saturated rings. The fraction of sp³-hybridized carbons (Fsp3) is 0.222. The molecule has 104 valence electrons. The molecule has 0 amide bonds. The first-order chi connectivity index (χ1) is 9.61. The van der Waals surface area contributed by atoms with Gasteiger partial charge in [-0.25, -0.2) is 0 Å². The highest BCUT2D eigenvalue weighted by molar-refractivity contribution is 5.48. The third-order valence-corrected chi connectivity index (χ3v) is 3.56. The van der Waals surface area contributed by atoms with Crippen molar-refractivity contribution in [2.24, 2.45) is 0 Å². The predicted octanol–water partition coefficient (Wildman–Crippen LogP) is 4.67. The minimum atomic E-state index is 0.205. The third-order valence-electron chi connectivity index (χ3n) is 3.56. The second-order valence-corrected chi connectivity index (χ2v) is 4.81. The van der Waals surface area contributed by atoms with Gasteiger partial charge in [-0.15, -0.1) is 0 Å². The van der Waals surface area contributed by atoms with Crippen LogP contribution in [0.5, 0.6) is 11.5 Å². The van der Waals surface area contributed by atoms with Crippen LogP contribution in [0.25, 0.3) is 6.08 Å². The van der Waals surface area contributed by atoms with E-state index in [1.165, 1.54) is 11.1 Å². The van der Waals surface area contributed by atoms with Gasteiger partial charge in [-0.05, 0) is 61.2 Å². The summed E-state index contributed by atoms with van der Waals surface area (Å²) in [6.07, 6.45) is 1.80. The van der Waals surface area contributed by atoms with E-state index in [-0.39, 0.29) is 6.79 Å². The molecule has 2 heteroatoms. The smallest absolute Gasteiger partial charge is 0.230 e. The van der Waals surface area contributed by atoms with Crippen LogP contribution in [0.3, 0.4) is 0 Å². The molecule has 0 radical (unpaired) electrons. The molecule has 0 saturated heterocycles. The summed E-state index contributed by atoms with van der Waals surface area (Å²) in [6.45, 7) is 10.2. The van der Waals surface area contributed by atoms with Crippen LogP contribution in [0, 0.1) is 20.8 Å². The lowest BCUT2D eigenvalue weighted by Crippen LogP contribution is -2.07. The SMILES string of the molecule is C=Cc1ccc(OCOc2ccc(C)c(C)c2C)cc1. The lowest BCUT2D eigenvalue weighted by Gasteiger charge is -2.13. The van der Waals surface area contributed by atoms with Crippen molar-refractivity contribution in [2.75, 3.05) is 6.79 Å². The Balaban J connectivity index is 1.95. The van der Waals surface area contributed by atoms with E-state index >= 15 is 0 Å². The molecular formula is C18H20O2. The van der Waals surface area contributed by atoms with Crippen molar-refractivity contribution in [1.29, 1.82) is 0 Å². The van der Waals surface area contributed by atoms with Crippen molar-refractivity contribution in [3.63, 3.8) is 0 Å². The van der Waals surface area contributed by atoms with E-state index < -0.39 is 0 Å². The molecule has 2 rings (SSSR count). The summed E-state index contributed by atoms with van der Waals surface area (Å²) in [7, 11) is 0. The van der Waals surface area contributed by atoms with E-state index in [4.69, 9.17) is 9.47 Å². The first kappa shape index (κ1) is 14.2. The summed E-state index contributed by atoms with van der Waals surface area (Å²) in [5.74, 6) is 1.66. The van der Waals surface area contributed by atoms with Gasteiger partial charge in [-0.1, -0.05) is 30.9 Å². The monoisotopic (exact) mass is 268 g/mol. The van der Waals surface area contributed by atoms with Crippen LogP contribution in [-0.2, 0) is 0 Å². The molecule has 0 aliphatic rings. The highest BCUT2D eigenvalue weighted by Crippen LogP contribution is 2.24. The summed E-state index contributed by atoms with van der Waals surface area (Å²) in [4.78, 5) is 0. The van der Waals surface area contributed by atoms with Gasteiger partial charge in [0.05, 0.1) is 0 Å². The number of aryl methyl sites for hydroxylation is 1. The average Bonchev–Trinajstić information content (AvgIpc) is 2.48. The van der Waals surface area contributed by atoms with E-state index in [2.05, 4.69) is 33.4 Å². The Bertz CT molecular complexity index is 598. The van der Waals surface area contributed by atoms with Crippen molar-refractivity contribution in [3.05, 3.63) is 65.2 Å². The van der Waals surface area contributed by atoms with Crippen LogP contribution in [-0.4, -0.2) is 6.79 Å². The van der Waals surface area contributed by atoms with Crippen molar-refractivity contribution < 1.29 is 9.47 Å². The van der Waals surface area contributed by atoms with Gasteiger partial charge in [-0.3, -0.25) is 0 Å². The fourth-order valence-corrected chi connectivity index (χ4v) is 1.95. The Kier molecular flexibility index (Phi) is 4.46. The minimum absolute atomic E-state index is 0.205. The molecule has 0 saturated carbocycles. The van der Waals surface area contributed by atoms with Gasteiger partial charge in [-0.2, -0.15) is 0 Å². The molecule has 0 aromatic heterocycles. The van der Waals surface area contributed by atoms with Crippen LogP contribution in [0.15, 0.2) is 43.0 Å². The standard InChI is InChI=1S/C18H20O2/c1-5-16-7-9-17(10-8-16)19-12-20-18-11-6-13(2)14(3)15(18)4/h5-11H,1,12H2,2-4H3. The normalized spacial score (nSPS) is 10.2. The average molecular weight is 268 g/mol. The summed E-state index contributed by atoms with van der Waals surface area (Å²) < 4.78 is 11.3. The van der Waals surface area contributed by atoms with Gasteiger partial charge in [0.15, 0.2) is 0 Å². The Morgan fingerprint density at radius 1 is 0.900 bits per heavy atom. The highest BCUT2D eigenvalue weighted by atomic mass is 16.7. The zero-order valence-electron chi connectivity index (χ0n) is 12.3. The maximum absolute atomic E-state index is 5.69. The first-order valence-corrected chi connectivity index (χ1v) is 6.66. The van der Waals surface area contributed by atoms with Gasteiger partial charge >= 0.3 is 0 Å². The number of ether oxygens (including phenoxy) is 2. The van der Waals surface area contributed by atoms with Gasteiger partial charge < -0.3 is 9.47 Å². The van der Waals surface area contributed by atoms with E-state index in [1.54, 1.807) is 6.08 Å². The molecule has 0 atom stereocenters. The van der Waals surface area contributed by atoms with Gasteiger partial charge in [0.1, 0.15) is 11.5 Å². The van der Waals surface area contributed by atoms with E-state index in [0.717, 1.165) is 22.6 Å². The molecule has 2 nitrogen and oxygen atoms in total. The Morgan fingerprint density at radius 2 is 1.60 bits per heavy atom. The number of hydrogen-bond donors (Lipinski definition) is 0. The molecule has 0 unspecified atom stereocenters. The first-order valence-electron chi connectivity index (χ1n) is 6.66. The molecule has 2 aromatic rings. The highest BCUT2D eigenvalue weighted by Gasteiger charge is 2.04. The summed E-state index contributed by atoms with van der Waals surface area (Å²) in [5.41, 5.74) is 4.77. The molecule has 20 heavy (non-hydrogen) atoms. The van der Waals surface area contributed by atoms with Crippen LogP contribution >= 0.6 is 0 Å². The summed E-state index contributed by atoms with van der Waals surface area (Å²) in [5, 5.41) is 0. The lowest BCUT2D eigenvalue weighted by molar-refractivity contribution is 0.119. The van der Waals surface area contributed by atoms with Crippen molar-refractivity contribution in [1.82, 2.24) is 0 Å². The third kappa shape index (κ3) is 3.21.